The summed E-state index contributed by atoms with van der Waals surface area (Å²) in [7, 11) is -4.55. The molecule has 0 aliphatic rings. The number of hydrogen-bond donors (Lipinski definition) is 1. The van der Waals surface area contributed by atoms with Crippen molar-refractivity contribution in [1.82, 2.24) is 4.90 Å². The van der Waals surface area contributed by atoms with Crippen LogP contribution in [0.25, 0.3) is 0 Å². The predicted molar refractivity (Wildman–Crippen MR) is 101 cm³/mol. The maximum Gasteiger partial charge on any atom is 0.341 e. The van der Waals surface area contributed by atoms with Gasteiger partial charge in [-0.1, -0.05) is 42.5 Å². The average molecular weight is 405 g/mol. The molecule has 0 amide bonds. The molecule has 0 aliphatic heterocycles. The molecule has 0 atom stereocenters. The third kappa shape index (κ3) is 6.32. The summed E-state index contributed by atoms with van der Waals surface area (Å²) in [5, 5.41) is 0. The number of hydrogen-bond acceptors (Lipinski definition) is 4. The van der Waals surface area contributed by atoms with E-state index >= 15 is 0 Å². The van der Waals surface area contributed by atoms with Crippen LogP contribution in [-0.2, 0) is 22.8 Å². The monoisotopic (exact) mass is 404 g/mol. The molecule has 0 unspecified atom stereocenters. The lowest BCUT2D eigenvalue weighted by atomic mass is 10.1. The molecule has 4 nitrogen and oxygen atoms in total. The van der Waals surface area contributed by atoms with Crippen molar-refractivity contribution < 1.29 is 17.2 Å². The van der Waals surface area contributed by atoms with Crippen LogP contribution in [0.15, 0.2) is 59.5 Å². The molecule has 0 spiro atoms. The molecule has 8 heteroatoms. The average Bonchev–Trinajstić information content (AvgIpc) is 2.61. The molecule has 0 saturated heterocycles. The van der Waals surface area contributed by atoms with E-state index in [-0.39, 0.29) is 17.3 Å². The van der Waals surface area contributed by atoms with Crippen molar-refractivity contribution >= 4 is 22.2 Å². The van der Waals surface area contributed by atoms with Gasteiger partial charge in [0.25, 0.3) is 0 Å². The van der Waals surface area contributed by atoms with Gasteiger partial charge in [-0.3, -0.25) is 4.90 Å². The van der Waals surface area contributed by atoms with Crippen LogP contribution < -0.4 is 5.73 Å². The third-order valence-corrected chi connectivity index (χ3v) is 5.30. The summed E-state index contributed by atoms with van der Waals surface area (Å²) >= 11 is 0. The van der Waals surface area contributed by atoms with Crippen molar-refractivity contribution in [3.63, 3.8) is 0 Å². The van der Waals surface area contributed by atoms with Gasteiger partial charge in [-0.05, 0) is 29.7 Å². The van der Waals surface area contributed by atoms with Crippen molar-refractivity contribution in [1.29, 1.82) is 0 Å². The van der Waals surface area contributed by atoms with Crippen LogP contribution in [0.3, 0.4) is 0 Å². The van der Waals surface area contributed by atoms with Gasteiger partial charge >= 0.3 is 5.76 Å². The maximum atomic E-state index is 12.6. The van der Waals surface area contributed by atoms with E-state index in [4.69, 9.17) is 5.73 Å². The Labute approximate surface area is 159 Å². The molecule has 0 fully saturated rings. The van der Waals surface area contributed by atoms with Gasteiger partial charge in [-0.2, -0.15) is 8.78 Å². The SMILES string of the molecule is Cl.NCCN(CCc1ccccc1)Cc1ccc(S(=O)(=O)C(F)F)cc1. The summed E-state index contributed by atoms with van der Waals surface area (Å²) < 4.78 is 48.0. The highest BCUT2D eigenvalue weighted by Gasteiger charge is 2.26. The molecule has 0 saturated carbocycles. The molecule has 0 radical (unpaired) electrons. The lowest BCUT2D eigenvalue weighted by Crippen LogP contribution is -2.31. The predicted octanol–water partition coefficient (Wildman–Crippen LogP) is 3.11. The van der Waals surface area contributed by atoms with E-state index in [1.165, 1.54) is 17.7 Å². The van der Waals surface area contributed by atoms with Gasteiger partial charge in [0.05, 0.1) is 4.90 Å². The number of rotatable bonds is 9. The Morgan fingerprint density at radius 1 is 0.923 bits per heavy atom. The standard InChI is InChI=1S/C18H22F2N2O2S.ClH/c19-18(20)25(23,24)17-8-6-16(7-9-17)14-22(13-11-21)12-10-15-4-2-1-3-5-15;/h1-9,18H,10-14,21H2;1H. The Morgan fingerprint density at radius 3 is 2.08 bits per heavy atom. The highest BCUT2D eigenvalue weighted by Crippen LogP contribution is 2.19. The van der Waals surface area contributed by atoms with Crippen LogP contribution in [0.5, 0.6) is 0 Å². The van der Waals surface area contributed by atoms with Crippen LogP contribution in [0.4, 0.5) is 8.78 Å². The Hall–Kier alpha value is -1.54. The molecule has 26 heavy (non-hydrogen) atoms. The van der Waals surface area contributed by atoms with Crippen LogP contribution in [-0.4, -0.2) is 38.7 Å². The fourth-order valence-corrected chi connectivity index (χ4v) is 3.25. The fourth-order valence-electron chi connectivity index (χ4n) is 2.53. The number of benzene rings is 2. The van der Waals surface area contributed by atoms with Gasteiger partial charge < -0.3 is 5.73 Å². The topological polar surface area (TPSA) is 63.4 Å². The van der Waals surface area contributed by atoms with E-state index in [1.807, 2.05) is 18.2 Å². The quantitative estimate of drug-likeness (QED) is 0.697. The minimum atomic E-state index is -4.55. The zero-order chi connectivity index (χ0) is 18.3. The summed E-state index contributed by atoms with van der Waals surface area (Å²) in [4.78, 5) is 1.80. The van der Waals surface area contributed by atoms with E-state index in [2.05, 4.69) is 17.0 Å². The summed E-state index contributed by atoms with van der Waals surface area (Å²) in [6.07, 6.45) is 0.874. The number of alkyl halides is 2. The first kappa shape index (κ1) is 22.5. The van der Waals surface area contributed by atoms with Gasteiger partial charge in [0.15, 0.2) is 0 Å². The number of halogens is 3. The zero-order valence-electron chi connectivity index (χ0n) is 14.2. The van der Waals surface area contributed by atoms with Gasteiger partial charge in [0.1, 0.15) is 0 Å². The Bertz CT molecular complexity index is 757. The highest BCUT2D eigenvalue weighted by molar-refractivity contribution is 7.91. The molecular weight excluding hydrogens is 382 g/mol. The molecular formula is C18H23ClF2N2O2S. The molecule has 0 bridgehead atoms. The molecule has 2 rings (SSSR count). The zero-order valence-corrected chi connectivity index (χ0v) is 15.9. The van der Waals surface area contributed by atoms with Crippen molar-refractivity contribution in [3.8, 4) is 0 Å². The van der Waals surface area contributed by atoms with Crippen molar-refractivity contribution in [2.75, 3.05) is 19.6 Å². The first-order valence-electron chi connectivity index (χ1n) is 8.01. The minimum absolute atomic E-state index is 0. The smallest absolute Gasteiger partial charge is 0.329 e. The third-order valence-electron chi connectivity index (χ3n) is 3.90. The van der Waals surface area contributed by atoms with Gasteiger partial charge in [0, 0.05) is 26.2 Å². The number of nitrogens with two attached hydrogens (primary N) is 1. The Kier molecular flexibility index (Phi) is 9.15. The normalized spacial score (nSPS) is 11.6. The van der Waals surface area contributed by atoms with E-state index in [0.29, 0.717) is 19.6 Å². The van der Waals surface area contributed by atoms with Crippen LogP contribution >= 0.6 is 12.4 Å². The molecule has 0 heterocycles. The van der Waals surface area contributed by atoms with Crippen LogP contribution in [0.1, 0.15) is 11.1 Å². The van der Waals surface area contributed by atoms with Gasteiger partial charge in [0.2, 0.25) is 9.84 Å². The summed E-state index contributed by atoms with van der Waals surface area (Å²) in [5.41, 5.74) is 7.74. The molecule has 2 aromatic rings. The first-order valence-corrected chi connectivity index (χ1v) is 9.55. The summed E-state index contributed by atoms with van der Waals surface area (Å²) in [6.45, 7) is 2.59. The Morgan fingerprint density at radius 2 is 1.54 bits per heavy atom. The number of nitrogens with zero attached hydrogens (tertiary/aromatic N) is 1. The van der Waals surface area contributed by atoms with Crippen molar-refractivity contribution in [2.45, 2.75) is 23.6 Å². The lowest BCUT2D eigenvalue weighted by molar-refractivity contribution is 0.234. The van der Waals surface area contributed by atoms with E-state index in [0.717, 1.165) is 18.5 Å². The highest BCUT2D eigenvalue weighted by atomic mass is 35.5. The first-order chi connectivity index (χ1) is 11.9. The second kappa shape index (κ2) is 10.6. The maximum absolute atomic E-state index is 12.6. The lowest BCUT2D eigenvalue weighted by Gasteiger charge is -2.22. The Balaban J connectivity index is 0.00000338. The molecule has 2 N–H and O–H groups in total. The van der Waals surface area contributed by atoms with Crippen LogP contribution in [0.2, 0.25) is 0 Å². The minimum Gasteiger partial charge on any atom is -0.329 e. The van der Waals surface area contributed by atoms with Crippen molar-refractivity contribution in [3.05, 3.63) is 65.7 Å². The molecule has 0 aliphatic carbocycles. The second-order valence-electron chi connectivity index (χ2n) is 5.75. The van der Waals surface area contributed by atoms with Gasteiger partial charge in [-0.15, -0.1) is 12.4 Å². The number of sulfone groups is 1. The molecule has 0 aromatic heterocycles. The van der Waals surface area contributed by atoms with E-state index in [1.54, 1.807) is 12.1 Å². The van der Waals surface area contributed by atoms with Crippen molar-refractivity contribution in [2.24, 2.45) is 5.73 Å². The summed E-state index contributed by atoms with van der Waals surface area (Å²) in [6, 6.07) is 15.7. The molecule has 144 valence electrons. The van der Waals surface area contributed by atoms with Crippen LogP contribution in [0, 0.1) is 0 Å². The largest absolute Gasteiger partial charge is 0.341 e. The second-order valence-corrected chi connectivity index (χ2v) is 7.67. The fraction of sp³-hybridized carbons (Fsp3) is 0.333. The van der Waals surface area contributed by atoms with E-state index in [9.17, 15) is 17.2 Å². The van der Waals surface area contributed by atoms with Gasteiger partial charge in [-0.25, -0.2) is 8.42 Å². The molecule has 2 aromatic carbocycles. The van der Waals surface area contributed by atoms with E-state index < -0.39 is 15.6 Å². The summed E-state index contributed by atoms with van der Waals surface area (Å²) in [5.74, 6) is -3.40.